The minimum Gasteiger partial charge on any atom is -0.433 e. The smallest absolute Gasteiger partial charge is 0.387 e. The highest BCUT2D eigenvalue weighted by atomic mass is 19.3. The molecule has 33 heavy (non-hydrogen) atoms. The normalized spacial score (nSPS) is 30.0. The van der Waals surface area contributed by atoms with Gasteiger partial charge in [-0.25, -0.2) is 0 Å². The van der Waals surface area contributed by atoms with E-state index < -0.39 is 12.0 Å². The molecular weight excluding hydrogens is 428 g/mol. The Morgan fingerprint density at radius 2 is 2.21 bits per heavy atom. The van der Waals surface area contributed by atoms with Crippen LogP contribution in [0.3, 0.4) is 0 Å². The van der Waals surface area contributed by atoms with Gasteiger partial charge in [-0.3, -0.25) is 9.78 Å². The van der Waals surface area contributed by atoms with Gasteiger partial charge < -0.3 is 19.7 Å². The quantitative estimate of drug-likeness (QED) is 0.655. The molecule has 4 atom stereocenters. The van der Waals surface area contributed by atoms with Gasteiger partial charge in [-0.1, -0.05) is 20.8 Å². The summed E-state index contributed by atoms with van der Waals surface area (Å²) in [4.78, 5) is 20.1. The molecule has 1 saturated heterocycles. The third-order valence-electron chi connectivity index (χ3n) is 8.06. The van der Waals surface area contributed by atoms with Crippen LogP contribution in [0, 0.1) is 17.3 Å². The van der Waals surface area contributed by atoms with Crippen LogP contribution < -0.4 is 10.1 Å². The Bertz CT molecular complexity index is 837. The van der Waals surface area contributed by atoms with Gasteiger partial charge in [0.15, 0.2) is 0 Å². The predicted octanol–water partition coefficient (Wildman–Crippen LogP) is 4.17. The molecular formula is C25H37F2N3O3. The first-order valence-electron chi connectivity index (χ1n) is 12.4. The monoisotopic (exact) mass is 465 g/mol. The zero-order valence-corrected chi connectivity index (χ0v) is 20.0. The molecule has 1 saturated carbocycles. The van der Waals surface area contributed by atoms with Crippen molar-refractivity contribution in [3.8, 4) is 5.75 Å². The van der Waals surface area contributed by atoms with Crippen LogP contribution in [-0.2, 0) is 22.5 Å². The summed E-state index contributed by atoms with van der Waals surface area (Å²) in [7, 11) is 0. The zero-order valence-electron chi connectivity index (χ0n) is 20.0. The highest BCUT2D eigenvalue weighted by molar-refractivity contribution is 5.83. The van der Waals surface area contributed by atoms with Crippen LogP contribution in [0.5, 0.6) is 5.75 Å². The van der Waals surface area contributed by atoms with Crippen molar-refractivity contribution in [3.63, 3.8) is 0 Å². The fourth-order valence-corrected chi connectivity index (χ4v) is 5.96. The van der Waals surface area contributed by atoms with Crippen LogP contribution in [0.4, 0.5) is 8.78 Å². The number of ether oxygens (including phenoxy) is 2. The maximum Gasteiger partial charge on any atom is 0.387 e. The SMILES string of the molecule is CCC1COCCC1N[C@@H]1CC[C@@](C(=O)N2CCc3ncc(OC(F)F)cc3C2)(C(C)C)C1. The number of carbonyl (C=O) groups excluding carboxylic acids is 1. The third-order valence-corrected chi connectivity index (χ3v) is 8.06. The van der Waals surface area contributed by atoms with Crippen molar-refractivity contribution in [3.05, 3.63) is 23.5 Å². The van der Waals surface area contributed by atoms with E-state index in [0.717, 1.165) is 56.6 Å². The van der Waals surface area contributed by atoms with E-state index in [-0.39, 0.29) is 17.6 Å². The molecule has 1 amide bonds. The second-order valence-electron chi connectivity index (χ2n) is 10.2. The van der Waals surface area contributed by atoms with Gasteiger partial charge in [-0.05, 0) is 55.6 Å². The number of hydrogen-bond donors (Lipinski definition) is 1. The van der Waals surface area contributed by atoms with E-state index in [1.165, 1.54) is 6.20 Å². The number of fused-ring (bicyclic) bond motifs is 1. The molecule has 6 nitrogen and oxygen atoms in total. The number of nitrogens with one attached hydrogen (secondary N) is 1. The summed E-state index contributed by atoms with van der Waals surface area (Å²) in [6, 6.07) is 2.39. The van der Waals surface area contributed by atoms with Gasteiger partial charge in [-0.15, -0.1) is 0 Å². The molecule has 1 N–H and O–H groups in total. The van der Waals surface area contributed by atoms with Gasteiger partial charge >= 0.3 is 6.61 Å². The molecule has 1 aromatic heterocycles. The van der Waals surface area contributed by atoms with Gasteiger partial charge in [0.05, 0.1) is 18.2 Å². The van der Waals surface area contributed by atoms with Crippen molar-refractivity contribution < 1.29 is 23.0 Å². The molecule has 1 aromatic rings. The fourth-order valence-electron chi connectivity index (χ4n) is 5.96. The highest BCUT2D eigenvalue weighted by Gasteiger charge is 2.50. The first-order chi connectivity index (χ1) is 15.8. The lowest BCUT2D eigenvalue weighted by molar-refractivity contribution is -0.146. The van der Waals surface area contributed by atoms with Gasteiger partial charge in [-0.2, -0.15) is 8.78 Å². The maximum absolute atomic E-state index is 13.9. The number of rotatable bonds is 7. The van der Waals surface area contributed by atoms with Crippen molar-refractivity contribution in [2.75, 3.05) is 19.8 Å². The van der Waals surface area contributed by atoms with Crippen molar-refractivity contribution in [1.82, 2.24) is 15.2 Å². The summed E-state index contributed by atoms with van der Waals surface area (Å²) < 4.78 is 35.4. The Morgan fingerprint density at radius 3 is 2.94 bits per heavy atom. The first kappa shape index (κ1) is 24.3. The number of hydrogen-bond acceptors (Lipinski definition) is 5. The topological polar surface area (TPSA) is 63.7 Å². The fraction of sp³-hybridized carbons (Fsp3) is 0.760. The Labute approximate surface area is 195 Å². The predicted molar refractivity (Wildman–Crippen MR) is 121 cm³/mol. The summed E-state index contributed by atoms with van der Waals surface area (Å²) in [6.45, 7) is 6.24. The lowest BCUT2D eigenvalue weighted by Gasteiger charge is -2.40. The molecule has 8 heteroatoms. The van der Waals surface area contributed by atoms with E-state index >= 15 is 0 Å². The molecule has 2 aliphatic heterocycles. The van der Waals surface area contributed by atoms with Crippen LogP contribution in [0.1, 0.15) is 64.1 Å². The molecule has 184 valence electrons. The van der Waals surface area contributed by atoms with Crippen LogP contribution in [0.2, 0.25) is 0 Å². The molecule has 0 aromatic carbocycles. The van der Waals surface area contributed by atoms with Crippen LogP contribution in [0.25, 0.3) is 0 Å². The lowest BCUT2D eigenvalue weighted by Crippen LogP contribution is -2.50. The number of aromatic nitrogens is 1. The molecule has 3 heterocycles. The molecule has 3 aliphatic rings. The maximum atomic E-state index is 13.9. The van der Waals surface area contributed by atoms with E-state index in [1.807, 2.05) is 4.90 Å². The van der Waals surface area contributed by atoms with E-state index in [1.54, 1.807) is 6.07 Å². The van der Waals surface area contributed by atoms with Crippen LogP contribution >= 0.6 is 0 Å². The Balaban J connectivity index is 1.45. The zero-order chi connectivity index (χ0) is 23.6. The molecule has 1 aliphatic carbocycles. The van der Waals surface area contributed by atoms with Crippen molar-refractivity contribution in [2.45, 2.75) is 84.5 Å². The molecule has 0 spiro atoms. The van der Waals surface area contributed by atoms with Gasteiger partial charge in [0.25, 0.3) is 0 Å². The third kappa shape index (κ3) is 5.16. The van der Waals surface area contributed by atoms with Gasteiger partial charge in [0.2, 0.25) is 5.91 Å². The number of nitrogens with zero attached hydrogens (tertiary/aromatic N) is 2. The number of pyridine rings is 1. The number of halogens is 2. The van der Waals surface area contributed by atoms with Crippen LogP contribution in [0.15, 0.2) is 12.3 Å². The van der Waals surface area contributed by atoms with Crippen molar-refractivity contribution in [1.29, 1.82) is 0 Å². The van der Waals surface area contributed by atoms with E-state index in [2.05, 4.69) is 35.8 Å². The summed E-state index contributed by atoms with van der Waals surface area (Å²) in [5, 5.41) is 3.88. The summed E-state index contributed by atoms with van der Waals surface area (Å²) in [5.41, 5.74) is 1.26. The second kappa shape index (κ2) is 10.2. The highest BCUT2D eigenvalue weighted by Crippen LogP contribution is 2.47. The minimum atomic E-state index is -2.89. The van der Waals surface area contributed by atoms with E-state index in [9.17, 15) is 13.6 Å². The second-order valence-corrected chi connectivity index (χ2v) is 10.2. The van der Waals surface area contributed by atoms with Crippen molar-refractivity contribution >= 4 is 5.91 Å². The van der Waals surface area contributed by atoms with Gasteiger partial charge in [0.1, 0.15) is 5.75 Å². The van der Waals surface area contributed by atoms with Crippen LogP contribution in [-0.4, -0.2) is 54.2 Å². The summed E-state index contributed by atoms with van der Waals surface area (Å²) in [5.74, 6) is 0.982. The minimum absolute atomic E-state index is 0.0451. The number of alkyl halides is 2. The number of amides is 1. The Morgan fingerprint density at radius 1 is 1.39 bits per heavy atom. The number of carbonyl (C=O) groups is 1. The van der Waals surface area contributed by atoms with E-state index in [4.69, 9.17) is 4.74 Å². The Hall–Kier alpha value is -1.80. The Kier molecular flexibility index (Phi) is 7.53. The standard InChI is InChI=1S/C25H37F2N3O3/c1-4-17-15-32-10-7-22(17)29-19-5-8-25(12-19,16(2)3)23(31)30-9-6-21-18(14-30)11-20(13-28-21)33-24(26)27/h11,13,16-17,19,22,24,29H,4-10,12,14-15H2,1-3H3/t17?,19-,22?,25+/m1/s1. The molecule has 2 fully saturated rings. The molecule has 2 unspecified atom stereocenters. The molecule has 4 rings (SSSR count). The average molecular weight is 466 g/mol. The molecule has 0 bridgehead atoms. The largest absolute Gasteiger partial charge is 0.433 e. The first-order valence-corrected chi connectivity index (χ1v) is 12.4. The molecule has 0 radical (unpaired) electrons. The summed E-state index contributed by atoms with van der Waals surface area (Å²) >= 11 is 0. The summed E-state index contributed by atoms with van der Waals surface area (Å²) in [6.07, 6.45) is 6.80. The van der Waals surface area contributed by atoms with Crippen molar-refractivity contribution in [2.24, 2.45) is 17.3 Å². The van der Waals surface area contributed by atoms with E-state index in [0.29, 0.717) is 37.5 Å². The lowest BCUT2D eigenvalue weighted by atomic mass is 9.74. The average Bonchev–Trinajstić information content (AvgIpc) is 3.23. The van der Waals surface area contributed by atoms with Gasteiger partial charge in [0, 0.05) is 43.9 Å².